The molecular weight excluding hydrogens is 365 g/mol. The first kappa shape index (κ1) is 19.6. The third kappa shape index (κ3) is 4.10. The number of sulfone groups is 1. The lowest BCUT2D eigenvalue weighted by molar-refractivity contribution is 0.0694. The summed E-state index contributed by atoms with van der Waals surface area (Å²) in [4.78, 5) is 23.0. The van der Waals surface area contributed by atoms with Gasteiger partial charge in [0.15, 0.2) is 15.6 Å². The van der Waals surface area contributed by atoms with Crippen molar-refractivity contribution in [2.75, 3.05) is 6.26 Å². The van der Waals surface area contributed by atoms with E-state index in [1.165, 1.54) is 6.07 Å². The molecule has 0 aliphatic heterocycles. The van der Waals surface area contributed by atoms with Crippen molar-refractivity contribution in [3.8, 4) is 0 Å². The Morgan fingerprint density at radius 1 is 1.31 bits per heavy atom. The molecule has 0 saturated carbocycles. The molecule has 0 saturated heterocycles. The number of halogens is 1. The number of rotatable bonds is 6. The average molecular weight is 383 g/mol. The molecule has 0 fully saturated rings. The van der Waals surface area contributed by atoms with Crippen LogP contribution in [-0.2, 0) is 16.3 Å². The van der Waals surface area contributed by atoms with Crippen LogP contribution in [0, 0.1) is 5.82 Å². The maximum atomic E-state index is 14.0. The van der Waals surface area contributed by atoms with Gasteiger partial charge >= 0.3 is 5.97 Å². The smallest absolute Gasteiger partial charge is 0.339 e. The molecule has 1 atom stereocenters. The van der Waals surface area contributed by atoms with Gasteiger partial charge in [-0.2, -0.15) is 0 Å². The van der Waals surface area contributed by atoms with Crippen LogP contribution < -0.4 is 5.32 Å². The Bertz CT molecular complexity index is 964. The molecule has 2 aromatic rings. The first-order valence-electron chi connectivity index (χ1n) is 7.71. The number of amides is 1. The number of furan rings is 1. The van der Waals surface area contributed by atoms with Crippen LogP contribution >= 0.6 is 0 Å². The molecule has 0 aliphatic carbocycles. The second kappa shape index (κ2) is 7.28. The van der Waals surface area contributed by atoms with Gasteiger partial charge in [-0.3, -0.25) is 4.79 Å². The third-order valence-corrected chi connectivity index (χ3v) is 4.92. The van der Waals surface area contributed by atoms with Crippen LogP contribution in [0.1, 0.15) is 52.1 Å². The Morgan fingerprint density at radius 3 is 2.42 bits per heavy atom. The predicted octanol–water partition coefficient (Wildman–Crippen LogP) is 2.57. The third-order valence-electron chi connectivity index (χ3n) is 3.79. The van der Waals surface area contributed by atoms with E-state index in [1.54, 1.807) is 13.8 Å². The van der Waals surface area contributed by atoms with Crippen LogP contribution in [0.15, 0.2) is 33.6 Å². The van der Waals surface area contributed by atoms with Crippen molar-refractivity contribution < 1.29 is 31.9 Å². The molecule has 1 aromatic heterocycles. The van der Waals surface area contributed by atoms with Crippen LogP contribution in [0.25, 0.3) is 0 Å². The summed E-state index contributed by atoms with van der Waals surface area (Å²) in [6.07, 6.45) is 1.21. The number of aryl methyl sites for hydroxylation is 1. The van der Waals surface area contributed by atoms with Gasteiger partial charge in [0, 0.05) is 18.7 Å². The van der Waals surface area contributed by atoms with Crippen LogP contribution in [-0.4, -0.2) is 31.7 Å². The molecule has 0 aliphatic rings. The lowest BCUT2D eigenvalue weighted by Gasteiger charge is -2.14. The van der Waals surface area contributed by atoms with Crippen molar-refractivity contribution in [3.05, 3.63) is 52.7 Å². The highest BCUT2D eigenvalue weighted by Crippen LogP contribution is 2.22. The van der Waals surface area contributed by atoms with Crippen molar-refractivity contribution in [1.82, 2.24) is 5.32 Å². The normalized spacial score (nSPS) is 12.6. The number of hydrogen-bond acceptors (Lipinski definition) is 5. The molecule has 1 unspecified atom stereocenters. The van der Waals surface area contributed by atoms with E-state index in [9.17, 15) is 22.4 Å². The molecule has 1 aromatic carbocycles. The number of carbonyl (C=O) groups is 2. The summed E-state index contributed by atoms with van der Waals surface area (Å²) in [7, 11) is -3.69. The molecule has 2 rings (SSSR count). The maximum absolute atomic E-state index is 14.0. The summed E-state index contributed by atoms with van der Waals surface area (Å²) in [6.45, 7) is 3.27. The minimum absolute atomic E-state index is 0.0890. The number of carboxylic acid groups (broad SMARTS) is 1. The zero-order valence-electron chi connectivity index (χ0n) is 14.4. The average Bonchev–Trinajstić information content (AvgIpc) is 2.98. The Labute approximate surface area is 149 Å². The zero-order valence-corrected chi connectivity index (χ0v) is 15.2. The monoisotopic (exact) mass is 383 g/mol. The number of nitrogens with one attached hydrogen (secondary N) is 1. The Balaban J connectivity index is 2.22. The topological polar surface area (TPSA) is 114 Å². The highest BCUT2D eigenvalue weighted by atomic mass is 32.2. The first-order valence-corrected chi connectivity index (χ1v) is 9.60. The molecule has 0 bridgehead atoms. The van der Waals surface area contributed by atoms with Crippen molar-refractivity contribution >= 4 is 21.7 Å². The van der Waals surface area contributed by atoms with Crippen LogP contribution in [0.4, 0.5) is 4.39 Å². The van der Waals surface area contributed by atoms with Crippen LogP contribution in [0.2, 0.25) is 0 Å². The van der Waals surface area contributed by atoms with Gasteiger partial charge in [0.1, 0.15) is 22.0 Å². The Morgan fingerprint density at radius 2 is 1.96 bits per heavy atom. The lowest BCUT2D eigenvalue weighted by atomic mass is 10.1. The van der Waals surface area contributed by atoms with Gasteiger partial charge in [-0.05, 0) is 24.6 Å². The fourth-order valence-corrected chi connectivity index (χ4v) is 3.15. The molecule has 7 nitrogen and oxygen atoms in total. The van der Waals surface area contributed by atoms with Crippen molar-refractivity contribution in [1.29, 1.82) is 0 Å². The molecular formula is C17H18FNO6S. The van der Waals surface area contributed by atoms with E-state index < -0.39 is 38.5 Å². The van der Waals surface area contributed by atoms with E-state index in [0.29, 0.717) is 12.0 Å². The second-order valence-corrected chi connectivity index (χ2v) is 7.75. The summed E-state index contributed by atoms with van der Waals surface area (Å²) in [6, 6.07) is 4.04. The molecule has 1 amide bonds. The Kier molecular flexibility index (Phi) is 5.50. The second-order valence-electron chi connectivity index (χ2n) is 5.76. The zero-order chi connectivity index (χ0) is 19.6. The van der Waals surface area contributed by atoms with Crippen LogP contribution in [0.3, 0.4) is 0 Å². The van der Waals surface area contributed by atoms with Crippen LogP contribution in [0.5, 0.6) is 0 Å². The number of carbonyl (C=O) groups excluding carboxylic acids is 1. The van der Waals surface area contributed by atoms with Gasteiger partial charge in [-0.15, -0.1) is 0 Å². The number of benzene rings is 1. The van der Waals surface area contributed by atoms with Gasteiger partial charge in [-0.1, -0.05) is 13.0 Å². The van der Waals surface area contributed by atoms with Gasteiger partial charge < -0.3 is 14.8 Å². The van der Waals surface area contributed by atoms with Gasteiger partial charge in [0.25, 0.3) is 5.91 Å². The summed E-state index contributed by atoms with van der Waals surface area (Å²) >= 11 is 0. The Hall–Kier alpha value is -2.68. The van der Waals surface area contributed by atoms with Crippen molar-refractivity contribution in [2.24, 2.45) is 0 Å². The highest BCUT2D eigenvalue weighted by Gasteiger charge is 2.22. The first-order chi connectivity index (χ1) is 12.0. The minimum Gasteiger partial charge on any atom is -0.478 e. The molecule has 140 valence electrons. The summed E-state index contributed by atoms with van der Waals surface area (Å²) in [5.74, 6) is -2.76. The standard InChI is InChI=1S/C17H18FNO6S/c1-4-13-11(17(21)22)8-14(25-13)16(20)19-9(2)10-5-6-15(12(18)7-10)26(3,23)24/h5-9H,4H2,1-3H3,(H,19,20)(H,21,22). The van der Waals surface area contributed by atoms with E-state index in [0.717, 1.165) is 24.5 Å². The lowest BCUT2D eigenvalue weighted by Crippen LogP contribution is -2.26. The molecule has 0 spiro atoms. The fourth-order valence-electron chi connectivity index (χ4n) is 2.42. The molecule has 26 heavy (non-hydrogen) atoms. The van der Waals surface area contributed by atoms with Gasteiger partial charge in [-0.25, -0.2) is 17.6 Å². The number of aromatic carboxylic acids is 1. The minimum atomic E-state index is -3.69. The van der Waals surface area contributed by atoms with E-state index in [1.807, 2.05) is 0 Å². The fraction of sp³-hybridized carbons (Fsp3) is 0.294. The molecule has 2 N–H and O–H groups in total. The SMILES string of the molecule is CCc1oc(C(=O)NC(C)c2ccc(S(C)(=O)=O)c(F)c2)cc1C(=O)O. The van der Waals surface area contributed by atoms with E-state index in [4.69, 9.17) is 9.52 Å². The summed E-state index contributed by atoms with van der Waals surface area (Å²) < 4.78 is 42.1. The summed E-state index contributed by atoms with van der Waals surface area (Å²) in [5, 5.41) is 11.7. The predicted molar refractivity (Wildman–Crippen MR) is 90.4 cm³/mol. The van der Waals surface area contributed by atoms with E-state index in [2.05, 4.69) is 5.32 Å². The quantitative estimate of drug-likeness (QED) is 0.792. The summed E-state index contributed by atoms with van der Waals surface area (Å²) in [5.41, 5.74) is 0.262. The van der Waals surface area contributed by atoms with Gasteiger partial charge in [0.2, 0.25) is 0 Å². The highest BCUT2D eigenvalue weighted by molar-refractivity contribution is 7.90. The largest absolute Gasteiger partial charge is 0.478 e. The van der Waals surface area contributed by atoms with Crippen molar-refractivity contribution in [3.63, 3.8) is 0 Å². The van der Waals surface area contributed by atoms with E-state index >= 15 is 0 Å². The van der Waals surface area contributed by atoms with Crippen molar-refractivity contribution in [2.45, 2.75) is 31.2 Å². The molecule has 1 heterocycles. The number of carboxylic acids is 1. The maximum Gasteiger partial charge on any atom is 0.339 e. The molecule has 0 radical (unpaired) electrons. The number of hydrogen-bond donors (Lipinski definition) is 2. The molecule has 9 heteroatoms. The van der Waals surface area contributed by atoms with Gasteiger partial charge in [0.05, 0.1) is 6.04 Å². The van der Waals surface area contributed by atoms with E-state index in [-0.39, 0.29) is 17.1 Å².